The number of pyridine rings is 1. The molecule has 0 bridgehead atoms. The van der Waals surface area contributed by atoms with Crippen LogP contribution in [0.3, 0.4) is 0 Å². The van der Waals surface area contributed by atoms with Crippen molar-refractivity contribution >= 4 is 11.6 Å². The largest absolute Gasteiger partial charge is 0.356 e. The fraction of sp³-hybridized carbons (Fsp3) is 0.500. The van der Waals surface area contributed by atoms with Crippen molar-refractivity contribution in [1.29, 1.82) is 0 Å². The summed E-state index contributed by atoms with van der Waals surface area (Å²) in [5, 5.41) is 19.8. The maximum atomic E-state index is 4.46. The van der Waals surface area contributed by atoms with Crippen molar-refractivity contribution in [2.75, 3.05) is 13.6 Å². The van der Waals surface area contributed by atoms with E-state index in [9.17, 15) is 0 Å². The number of aliphatic imine (C=N–C) groups is 1. The van der Waals surface area contributed by atoms with Crippen LogP contribution in [0.2, 0.25) is 0 Å². The van der Waals surface area contributed by atoms with E-state index < -0.39 is 0 Å². The normalized spacial score (nSPS) is 17.1. The second-order valence-electron chi connectivity index (χ2n) is 6.78. The highest BCUT2D eigenvalue weighted by Crippen LogP contribution is 2.12. The summed E-state index contributed by atoms with van der Waals surface area (Å²) in [5.41, 5.74) is 0.887. The fourth-order valence-corrected chi connectivity index (χ4v) is 3.45. The lowest BCUT2D eigenvalue weighted by atomic mass is 10.1. The summed E-state index contributed by atoms with van der Waals surface area (Å²) in [7, 11) is 1.80. The van der Waals surface area contributed by atoms with Gasteiger partial charge in [-0.15, -0.1) is 10.2 Å². The highest BCUT2D eigenvalue weighted by molar-refractivity contribution is 5.79. The average Bonchev–Trinajstić information content (AvgIpc) is 3.26. The Morgan fingerprint density at radius 2 is 2.26 bits per heavy atom. The maximum Gasteiger partial charge on any atom is 0.191 e. The molecule has 9 nitrogen and oxygen atoms in total. The fourth-order valence-electron chi connectivity index (χ4n) is 3.45. The van der Waals surface area contributed by atoms with Crippen molar-refractivity contribution in [3.63, 3.8) is 0 Å². The molecule has 0 saturated heterocycles. The van der Waals surface area contributed by atoms with Gasteiger partial charge in [-0.3, -0.25) is 9.39 Å². The van der Waals surface area contributed by atoms with Crippen molar-refractivity contribution in [1.82, 2.24) is 40.0 Å². The molecule has 0 saturated carbocycles. The van der Waals surface area contributed by atoms with Gasteiger partial charge in [-0.25, -0.2) is 9.67 Å². The Labute approximate surface area is 157 Å². The number of rotatable bonds is 5. The molecule has 4 heterocycles. The van der Waals surface area contributed by atoms with Gasteiger partial charge < -0.3 is 10.6 Å². The van der Waals surface area contributed by atoms with Crippen LogP contribution >= 0.6 is 0 Å². The molecule has 9 heteroatoms. The van der Waals surface area contributed by atoms with Crippen molar-refractivity contribution in [2.24, 2.45) is 4.99 Å². The molecule has 1 unspecified atom stereocenters. The Kier molecular flexibility index (Phi) is 4.99. The monoisotopic (exact) mass is 367 g/mol. The SMILES string of the molecule is CN=C(NCCCc1nnc2ccccn12)NC1CCc2nc(C)nn2C1. The van der Waals surface area contributed by atoms with Crippen LogP contribution in [0.15, 0.2) is 29.4 Å². The Bertz CT molecular complexity index is 939. The molecule has 4 rings (SSSR count). The summed E-state index contributed by atoms with van der Waals surface area (Å²) in [5.74, 6) is 3.73. The molecule has 0 aromatic carbocycles. The van der Waals surface area contributed by atoms with E-state index in [1.54, 1.807) is 7.05 Å². The van der Waals surface area contributed by atoms with E-state index in [4.69, 9.17) is 0 Å². The molecule has 1 aliphatic heterocycles. The van der Waals surface area contributed by atoms with Crippen molar-refractivity contribution in [3.8, 4) is 0 Å². The lowest BCUT2D eigenvalue weighted by Crippen LogP contribution is -2.47. The second-order valence-corrected chi connectivity index (χ2v) is 6.78. The third-order valence-electron chi connectivity index (χ3n) is 4.78. The smallest absolute Gasteiger partial charge is 0.191 e. The standard InChI is InChI=1S/C18H25N9/c1-13-21-15-9-8-14(12-27(15)25-13)22-18(19-2)20-10-5-7-17-24-23-16-6-3-4-11-26(16)17/h3-4,6,11,14H,5,7-10,12H2,1-2H3,(H2,19,20,22). The van der Waals surface area contributed by atoms with Crippen LogP contribution in [0.25, 0.3) is 5.65 Å². The Balaban J connectivity index is 1.25. The van der Waals surface area contributed by atoms with Gasteiger partial charge in [0.25, 0.3) is 0 Å². The molecule has 3 aromatic heterocycles. The molecule has 0 radical (unpaired) electrons. The predicted octanol–water partition coefficient (Wildman–Crippen LogP) is 0.742. The molecule has 0 aliphatic carbocycles. The number of hydrogen-bond acceptors (Lipinski definition) is 5. The van der Waals surface area contributed by atoms with E-state index in [2.05, 4.69) is 35.9 Å². The molecule has 1 aliphatic rings. The third kappa shape index (κ3) is 3.91. The average molecular weight is 367 g/mol. The van der Waals surface area contributed by atoms with Crippen LogP contribution in [-0.2, 0) is 19.4 Å². The van der Waals surface area contributed by atoms with E-state index in [0.29, 0.717) is 6.04 Å². The van der Waals surface area contributed by atoms with Gasteiger partial charge >= 0.3 is 0 Å². The van der Waals surface area contributed by atoms with Gasteiger partial charge in [0.15, 0.2) is 11.6 Å². The minimum absolute atomic E-state index is 0.310. The lowest BCUT2D eigenvalue weighted by molar-refractivity contribution is 0.392. The number of nitrogens with zero attached hydrogens (tertiary/aromatic N) is 7. The van der Waals surface area contributed by atoms with E-state index >= 15 is 0 Å². The summed E-state index contributed by atoms with van der Waals surface area (Å²) < 4.78 is 4.03. The molecule has 27 heavy (non-hydrogen) atoms. The number of fused-ring (bicyclic) bond motifs is 2. The first kappa shape index (κ1) is 17.4. The van der Waals surface area contributed by atoms with Gasteiger partial charge in [0.05, 0.1) is 6.54 Å². The van der Waals surface area contributed by atoms with E-state index in [1.807, 2.05) is 40.4 Å². The van der Waals surface area contributed by atoms with Gasteiger partial charge in [0.2, 0.25) is 0 Å². The van der Waals surface area contributed by atoms with Crippen LogP contribution < -0.4 is 10.6 Å². The first-order valence-corrected chi connectivity index (χ1v) is 9.39. The third-order valence-corrected chi connectivity index (χ3v) is 4.78. The molecule has 142 valence electrons. The van der Waals surface area contributed by atoms with Crippen molar-refractivity contribution in [2.45, 2.75) is 45.2 Å². The molecule has 3 aromatic rings. The predicted molar refractivity (Wildman–Crippen MR) is 103 cm³/mol. The van der Waals surface area contributed by atoms with Gasteiger partial charge in [-0.1, -0.05) is 6.07 Å². The number of nitrogens with one attached hydrogen (secondary N) is 2. The summed E-state index contributed by atoms with van der Waals surface area (Å²) in [6.07, 6.45) is 5.79. The van der Waals surface area contributed by atoms with E-state index in [-0.39, 0.29) is 0 Å². The van der Waals surface area contributed by atoms with Crippen LogP contribution in [0, 0.1) is 6.92 Å². The second kappa shape index (κ2) is 7.73. The Morgan fingerprint density at radius 1 is 1.33 bits per heavy atom. The van der Waals surface area contributed by atoms with Crippen LogP contribution in [-0.4, -0.2) is 55.0 Å². The highest BCUT2D eigenvalue weighted by Gasteiger charge is 2.21. The molecule has 0 amide bonds. The van der Waals surface area contributed by atoms with E-state index in [1.165, 1.54) is 0 Å². The summed E-state index contributed by atoms with van der Waals surface area (Å²) in [4.78, 5) is 8.80. The van der Waals surface area contributed by atoms with Crippen LogP contribution in [0.5, 0.6) is 0 Å². The lowest BCUT2D eigenvalue weighted by Gasteiger charge is -2.25. The summed E-state index contributed by atoms with van der Waals surface area (Å²) in [6.45, 7) is 3.58. The zero-order chi connectivity index (χ0) is 18.6. The molecular weight excluding hydrogens is 342 g/mol. The van der Waals surface area contributed by atoms with Crippen LogP contribution in [0.1, 0.15) is 30.3 Å². The summed E-state index contributed by atoms with van der Waals surface area (Å²) >= 11 is 0. The van der Waals surface area contributed by atoms with E-state index in [0.717, 1.165) is 67.9 Å². The minimum atomic E-state index is 0.310. The van der Waals surface area contributed by atoms with Crippen molar-refractivity contribution < 1.29 is 0 Å². The molecule has 1 atom stereocenters. The zero-order valence-corrected chi connectivity index (χ0v) is 15.8. The summed E-state index contributed by atoms with van der Waals surface area (Å²) in [6, 6.07) is 6.24. The Hall–Kier alpha value is -2.97. The zero-order valence-electron chi connectivity index (χ0n) is 15.8. The number of aromatic nitrogens is 6. The number of aryl methyl sites for hydroxylation is 3. The topological polar surface area (TPSA) is 97.3 Å². The van der Waals surface area contributed by atoms with Gasteiger partial charge in [-0.2, -0.15) is 5.10 Å². The first-order chi connectivity index (χ1) is 13.2. The Morgan fingerprint density at radius 3 is 3.15 bits per heavy atom. The maximum absolute atomic E-state index is 4.46. The highest BCUT2D eigenvalue weighted by atomic mass is 15.4. The molecule has 2 N–H and O–H groups in total. The van der Waals surface area contributed by atoms with Gasteiger partial charge in [0.1, 0.15) is 17.5 Å². The van der Waals surface area contributed by atoms with Gasteiger partial charge in [0, 0.05) is 38.7 Å². The minimum Gasteiger partial charge on any atom is -0.356 e. The van der Waals surface area contributed by atoms with Gasteiger partial charge in [-0.05, 0) is 31.9 Å². The number of guanidine groups is 1. The molecule has 0 spiro atoms. The quantitative estimate of drug-likeness (QED) is 0.392. The molecule has 0 fully saturated rings. The van der Waals surface area contributed by atoms with Crippen LogP contribution in [0.4, 0.5) is 0 Å². The molecular formula is C18H25N9. The number of hydrogen-bond donors (Lipinski definition) is 2. The van der Waals surface area contributed by atoms with Crippen molar-refractivity contribution in [3.05, 3.63) is 41.9 Å². The first-order valence-electron chi connectivity index (χ1n) is 9.39.